The molecule has 2 aliphatic heterocycles. The highest BCUT2D eigenvalue weighted by atomic mass is 16.7. The fourth-order valence-corrected chi connectivity index (χ4v) is 6.28. The number of hydrogen-bond donors (Lipinski definition) is 2. The molecule has 0 aromatic heterocycles. The molecule has 2 bridgehead atoms. The lowest BCUT2D eigenvalue weighted by Crippen LogP contribution is -2.68. The van der Waals surface area contributed by atoms with Gasteiger partial charge in [-0.2, -0.15) is 0 Å². The molecule has 2 saturated heterocycles. The van der Waals surface area contributed by atoms with Crippen LogP contribution in [-0.4, -0.2) is 84.1 Å². The Labute approximate surface area is 198 Å². The summed E-state index contributed by atoms with van der Waals surface area (Å²) in [5.74, 6) is -1.76. The summed E-state index contributed by atoms with van der Waals surface area (Å²) in [6.45, 7) is 8.07. The third-order valence-electron chi connectivity index (χ3n) is 8.25. The van der Waals surface area contributed by atoms with Crippen molar-refractivity contribution in [2.45, 2.75) is 83.6 Å². The number of aliphatic hydroxyl groups excluding tert-OH is 2. The Morgan fingerprint density at radius 3 is 2.47 bits per heavy atom. The second-order valence-electron chi connectivity index (χ2n) is 10.4. The van der Waals surface area contributed by atoms with E-state index in [0.29, 0.717) is 6.61 Å². The number of aliphatic hydroxyl groups is 2. The van der Waals surface area contributed by atoms with Gasteiger partial charge in [-0.05, 0) is 18.4 Å². The minimum Gasteiger partial charge on any atom is -0.465 e. The zero-order valence-electron chi connectivity index (χ0n) is 20.2. The van der Waals surface area contributed by atoms with Crippen molar-refractivity contribution in [2.24, 2.45) is 16.7 Å². The van der Waals surface area contributed by atoms with Crippen LogP contribution in [0.5, 0.6) is 0 Å². The minimum absolute atomic E-state index is 0.0539. The van der Waals surface area contributed by atoms with Crippen molar-refractivity contribution in [1.29, 1.82) is 0 Å². The maximum absolute atomic E-state index is 12.6. The summed E-state index contributed by atoms with van der Waals surface area (Å²) in [6, 6.07) is 0. The second kappa shape index (κ2) is 8.58. The van der Waals surface area contributed by atoms with Gasteiger partial charge in [0, 0.05) is 26.9 Å². The molecule has 4 rings (SSSR count). The highest BCUT2D eigenvalue weighted by Crippen LogP contribution is 2.72. The lowest BCUT2D eigenvalue weighted by Gasteiger charge is -2.58. The Morgan fingerprint density at radius 2 is 1.91 bits per heavy atom. The van der Waals surface area contributed by atoms with Crippen LogP contribution >= 0.6 is 0 Å². The Hall–Kier alpha value is -2.01. The van der Waals surface area contributed by atoms with E-state index in [4.69, 9.17) is 23.7 Å². The number of hydrogen-bond acceptors (Lipinski definition) is 10. The van der Waals surface area contributed by atoms with Crippen LogP contribution in [0.15, 0.2) is 11.6 Å². The quantitative estimate of drug-likeness (QED) is 0.230. The van der Waals surface area contributed by atoms with E-state index in [0.717, 1.165) is 5.57 Å². The van der Waals surface area contributed by atoms with Crippen molar-refractivity contribution in [3.05, 3.63) is 11.6 Å². The number of ether oxygens (including phenoxy) is 5. The summed E-state index contributed by atoms with van der Waals surface area (Å²) in [4.78, 5) is 36.5. The molecule has 190 valence electrons. The van der Waals surface area contributed by atoms with Gasteiger partial charge < -0.3 is 33.9 Å². The Bertz CT molecular complexity index is 894. The summed E-state index contributed by atoms with van der Waals surface area (Å²) in [6.07, 6.45) is -2.00. The number of rotatable bonds is 7. The van der Waals surface area contributed by atoms with Crippen LogP contribution in [0.4, 0.5) is 0 Å². The number of carbonyl (C=O) groups is 3. The first-order chi connectivity index (χ1) is 15.9. The predicted molar refractivity (Wildman–Crippen MR) is 115 cm³/mol. The van der Waals surface area contributed by atoms with Crippen molar-refractivity contribution >= 4 is 17.9 Å². The van der Waals surface area contributed by atoms with Crippen LogP contribution in [0.3, 0.4) is 0 Å². The molecule has 2 N–H and O–H groups in total. The van der Waals surface area contributed by atoms with Gasteiger partial charge in [-0.15, -0.1) is 0 Å². The minimum atomic E-state index is -1.14. The summed E-state index contributed by atoms with van der Waals surface area (Å²) >= 11 is 0. The molecule has 34 heavy (non-hydrogen) atoms. The van der Waals surface area contributed by atoms with Gasteiger partial charge in [-0.1, -0.05) is 19.9 Å². The van der Waals surface area contributed by atoms with Crippen molar-refractivity contribution in [1.82, 2.24) is 0 Å². The monoisotopic (exact) mass is 482 g/mol. The molecule has 4 aliphatic rings. The lowest BCUT2D eigenvalue weighted by atomic mass is 9.51. The highest BCUT2D eigenvalue weighted by molar-refractivity contribution is 5.70. The van der Waals surface area contributed by atoms with Gasteiger partial charge in [0.25, 0.3) is 0 Å². The zero-order chi connectivity index (χ0) is 25.1. The Kier molecular flexibility index (Phi) is 6.33. The largest absolute Gasteiger partial charge is 0.465 e. The van der Waals surface area contributed by atoms with Gasteiger partial charge in [0.05, 0.1) is 30.0 Å². The van der Waals surface area contributed by atoms with Crippen molar-refractivity contribution in [3.8, 4) is 0 Å². The van der Waals surface area contributed by atoms with Gasteiger partial charge in [0.1, 0.15) is 36.6 Å². The smallest absolute Gasteiger partial charge is 0.306 e. The molecule has 1 spiro atoms. The molecule has 1 saturated carbocycles. The van der Waals surface area contributed by atoms with Gasteiger partial charge >= 0.3 is 17.9 Å². The lowest BCUT2D eigenvalue weighted by molar-refractivity contribution is -0.241. The normalized spacial score (nSPS) is 42.9. The first kappa shape index (κ1) is 25.1. The molecule has 10 nitrogen and oxygen atoms in total. The molecular formula is C24H34O10. The van der Waals surface area contributed by atoms with Crippen LogP contribution in [0.2, 0.25) is 0 Å². The van der Waals surface area contributed by atoms with Crippen LogP contribution in [-0.2, 0) is 38.1 Å². The summed E-state index contributed by atoms with van der Waals surface area (Å²) in [5, 5.41) is 20.5. The maximum Gasteiger partial charge on any atom is 0.306 e. The van der Waals surface area contributed by atoms with E-state index in [1.807, 2.05) is 19.9 Å². The van der Waals surface area contributed by atoms with Gasteiger partial charge in [-0.3, -0.25) is 14.4 Å². The van der Waals surface area contributed by atoms with E-state index in [1.54, 1.807) is 6.92 Å². The number of epoxide rings is 1. The molecule has 0 aromatic rings. The van der Waals surface area contributed by atoms with E-state index >= 15 is 0 Å². The highest BCUT2D eigenvalue weighted by Gasteiger charge is 2.86. The van der Waals surface area contributed by atoms with Crippen molar-refractivity contribution in [3.63, 3.8) is 0 Å². The molecule has 10 heteroatoms. The van der Waals surface area contributed by atoms with Crippen LogP contribution in [0.25, 0.3) is 0 Å². The maximum atomic E-state index is 12.6. The topological polar surface area (TPSA) is 141 Å². The van der Waals surface area contributed by atoms with Gasteiger partial charge in [0.2, 0.25) is 0 Å². The van der Waals surface area contributed by atoms with Crippen molar-refractivity contribution < 1.29 is 48.3 Å². The van der Waals surface area contributed by atoms with E-state index in [-0.39, 0.29) is 32.0 Å². The molecule has 9 atom stereocenters. The Morgan fingerprint density at radius 1 is 1.24 bits per heavy atom. The predicted octanol–water partition coefficient (Wildman–Crippen LogP) is 0.665. The average Bonchev–Trinajstić information content (AvgIpc) is 3.54. The molecule has 0 amide bonds. The van der Waals surface area contributed by atoms with Crippen LogP contribution in [0, 0.1) is 16.7 Å². The number of carbonyl (C=O) groups excluding carboxylic acids is 3. The molecule has 2 unspecified atom stereocenters. The molecular weight excluding hydrogens is 448 g/mol. The van der Waals surface area contributed by atoms with Gasteiger partial charge in [0.15, 0.2) is 0 Å². The molecule has 0 radical (unpaired) electrons. The molecule has 0 aromatic carbocycles. The van der Waals surface area contributed by atoms with E-state index in [2.05, 4.69) is 0 Å². The standard InChI is InChI=1S/C24H34O10/c1-12(9-25)6-18(28)33-16-8-23(10-30-14(3)26)17(7-13(16)2)34-21-19(29)20(32-15(4)27)22(23,5)24(21)11-31-24/h7,12,16-17,19-21,25,29H,6,8-11H2,1-5H3/t12?,16-,17+,19+,20-,21+,22+,23+,24?/m1/s1. The van der Waals surface area contributed by atoms with E-state index in [9.17, 15) is 24.6 Å². The molecule has 2 heterocycles. The molecule has 2 aliphatic carbocycles. The summed E-state index contributed by atoms with van der Waals surface area (Å²) in [5.41, 5.74) is -2.19. The second-order valence-corrected chi connectivity index (χ2v) is 10.4. The van der Waals surface area contributed by atoms with Gasteiger partial charge in [-0.25, -0.2) is 0 Å². The third-order valence-corrected chi connectivity index (χ3v) is 8.25. The van der Waals surface area contributed by atoms with E-state index in [1.165, 1.54) is 13.8 Å². The zero-order valence-corrected chi connectivity index (χ0v) is 20.2. The molecule has 3 fully saturated rings. The summed E-state index contributed by atoms with van der Waals surface area (Å²) < 4.78 is 29.3. The Balaban J connectivity index is 1.77. The number of esters is 3. The fourth-order valence-electron chi connectivity index (χ4n) is 6.28. The van der Waals surface area contributed by atoms with Crippen LogP contribution < -0.4 is 0 Å². The van der Waals surface area contributed by atoms with Crippen LogP contribution in [0.1, 0.15) is 47.5 Å². The SMILES string of the molecule is CC(=O)OC[C@@]12C[C@@H](OC(=O)CC(C)CO)C(C)=C[C@@H]1O[C@H]1[C@@H](O)[C@@H](OC(C)=O)[C@]2(C)C12CO2. The number of fused-ring (bicyclic) bond motifs is 2. The fraction of sp³-hybridized carbons (Fsp3) is 0.792. The summed E-state index contributed by atoms with van der Waals surface area (Å²) in [7, 11) is 0. The third kappa shape index (κ3) is 3.57. The average molecular weight is 483 g/mol. The van der Waals surface area contributed by atoms with E-state index < -0.39 is 64.9 Å². The first-order valence-corrected chi connectivity index (χ1v) is 11.7. The van der Waals surface area contributed by atoms with Crippen molar-refractivity contribution in [2.75, 3.05) is 19.8 Å². The first-order valence-electron chi connectivity index (χ1n) is 11.7.